The summed E-state index contributed by atoms with van der Waals surface area (Å²) in [6.07, 6.45) is -4.51. The summed E-state index contributed by atoms with van der Waals surface area (Å²) >= 11 is 0. The summed E-state index contributed by atoms with van der Waals surface area (Å²) in [5.41, 5.74) is 0.909. The number of carbonyl (C=O) groups excluding carboxylic acids is 2. The maximum Gasteiger partial charge on any atom is 0.405 e. The van der Waals surface area contributed by atoms with Gasteiger partial charge in [-0.15, -0.1) is 5.10 Å². The normalized spacial score (nSPS) is 12.4. The van der Waals surface area contributed by atoms with Crippen molar-refractivity contribution in [3.05, 3.63) is 35.2 Å². The minimum absolute atomic E-state index is 0.00861. The Labute approximate surface area is 152 Å². The molecule has 0 saturated heterocycles. The van der Waals surface area contributed by atoms with Crippen LogP contribution in [0.25, 0.3) is 0 Å². The first kappa shape index (κ1) is 20.1. The molecule has 0 bridgehead atoms. The third-order valence-electron chi connectivity index (χ3n) is 3.59. The Balaban J connectivity index is 2.04. The molecule has 0 fully saturated rings. The van der Waals surface area contributed by atoms with Crippen LogP contribution >= 0.6 is 0 Å². The van der Waals surface area contributed by atoms with Crippen molar-refractivity contribution in [1.29, 1.82) is 0 Å². The molecule has 9 nitrogen and oxygen atoms in total. The van der Waals surface area contributed by atoms with E-state index in [0.717, 1.165) is 0 Å². The second-order valence-corrected chi connectivity index (χ2v) is 5.81. The Kier molecular flexibility index (Phi) is 5.98. The first-order valence-electron chi connectivity index (χ1n) is 7.82. The van der Waals surface area contributed by atoms with E-state index in [1.807, 2.05) is 0 Å². The highest BCUT2D eigenvalue weighted by atomic mass is 19.4. The van der Waals surface area contributed by atoms with Gasteiger partial charge in [0.25, 0.3) is 5.91 Å². The number of anilines is 1. The summed E-state index contributed by atoms with van der Waals surface area (Å²) in [5.74, 6) is -0.462. The van der Waals surface area contributed by atoms with Crippen LogP contribution in [-0.4, -0.2) is 44.9 Å². The van der Waals surface area contributed by atoms with Crippen LogP contribution in [-0.2, 0) is 7.05 Å². The zero-order valence-corrected chi connectivity index (χ0v) is 14.8. The van der Waals surface area contributed by atoms with Gasteiger partial charge in [0.15, 0.2) is 5.82 Å². The zero-order valence-electron chi connectivity index (χ0n) is 14.8. The molecule has 0 spiro atoms. The number of rotatable bonds is 5. The summed E-state index contributed by atoms with van der Waals surface area (Å²) in [7, 11) is 1.62. The van der Waals surface area contributed by atoms with Crippen LogP contribution in [0.2, 0.25) is 0 Å². The van der Waals surface area contributed by atoms with Gasteiger partial charge in [-0.2, -0.15) is 13.2 Å². The highest BCUT2D eigenvalue weighted by Gasteiger charge is 2.28. The summed E-state index contributed by atoms with van der Waals surface area (Å²) in [6, 6.07) is 3.12. The highest BCUT2D eigenvalue weighted by molar-refractivity contribution is 5.97. The molecule has 1 heterocycles. The molecule has 0 saturated carbocycles. The average Bonchev–Trinajstić information content (AvgIpc) is 3.00. The van der Waals surface area contributed by atoms with Gasteiger partial charge in [0.05, 0.1) is 6.04 Å². The lowest BCUT2D eigenvalue weighted by Gasteiger charge is -2.15. The average molecular weight is 385 g/mol. The van der Waals surface area contributed by atoms with Gasteiger partial charge in [0, 0.05) is 18.3 Å². The number of hydrogen-bond donors (Lipinski definition) is 3. The maximum atomic E-state index is 12.2. The fourth-order valence-electron chi connectivity index (χ4n) is 2.20. The molecule has 0 radical (unpaired) electrons. The number of urea groups is 1. The molecule has 0 aliphatic rings. The third kappa shape index (κ3) is 5.66. The predicted octanol–water partition coefficient (Wildman–Crippen LogP) is 1.69. The molecule has 146 valence electrons. The molecule has 2 aromatic rings. The maximum absolute atomic E-state index is 12.2. The van der Waals surface area contributed by atoms with Crippen LogP contribution in [0.1, 0.15) is 34.7 Å². The molecule has 1 aromatic carbocycles. The topological polar surface area (TPSA) is 114 Å². The molecular weight excluding hydrogens is 367 g/mol. The number of carbonyl (C=O) groups is 2. The van der Waals surface area contributed by atoms with Crippen LogP contribution in [0.5, 0.6) is 0 Å². The number of tetrazole rings is 1. The number of benzene rings is 1. The number of nitrogens with zero attached hydrogens (tertiary/aromatic N) is 4. The lowest BCUT2D eigenvalue weighted by molar-refractivity contribution is -0.123. The molecule has 3 N–H and O–H groups in total. The van der Waals surface area contributed by atoms with Crippen molar-refractivity contribution < 1.29 is 22.8 Å². The number of amides is 3. The minimum atomic E-state index is -4.51. The van der Waals surface area contributed by atoms with Crippen LogP contribution in [0.4, 0.5) is 23.7 Å². The Bertz CT molecular complexity index is 835. The van der Waals surface area contributed by atoms with Gasteiger partial charge in [-0.1, -0.05) is 6.07 Å². The number of nitrogens with one attached hydrogen (secondary N) is 3. The van der Waals surface area contributed by atoms with Crippen molar-refractivity contribution in [3.8, 4) is 0 Å². The molecule has 0 aliphatic carbocycles. The van der Waals surface area contributed by atoms with Gasteiger partial charge in [-0.25, -0.2) is 9.48 Å². The van der Waals surface area contributed by atoms with Gasteiger partial charge in [0.1, 0.15) is 6.54 Å². The van der Waals surface area contributed by atoms with Crippen molar-refractivity contribution in [2.75, 3.05) is 11.9 Å². The van der Waals surface area contributed by atoms with Crippen LogP contribution in [0, 0.1) is 6.92 Å². The van der Waals surface area contributed by atoms with Crippen molar-refractivity contribution >= 4 is 17.6 Å². The molecule has 12 heteroatoms. The second kappa shape index (κ2) is 8.01. The Morgan fingerprint density at radius 1 is 1.30 bits per heavy atom. The smallest absolute Gasteiger partial charge is 0.343 e. The SMILES string of the molecule is Cc1ccc(C(=O)NCC(F)(F)F)cc1NC(=O)NC(C)c1nnnn1C. The lowest BCUT2D eigenvalue weighted by Crippen LogP contribution is -2.34. The summed E-state index contributed by atoms with van der Waals surface area (Å²) in [4.78, 5) is 24.0. The van der Waals surface area contributed by atoms with Gasteiger partial charge >= 0.3 is 12.2 Å². The Hall–Kier alpha value is -3.18. The van der Waals surface area contributed by atoms with Gasteiger partial charge in [-0.05, 0) is 42.0 Å². The van der Waals surface area contributed by atoms with E-state index in [1.165, 1.54) is 22.9 Å². The van der Waals surface area contributed by atoms with Crippen LogP contribution in [0.15, 0.2) is 18.2 Å². The largest absolute Gasteiger partial charge is 0.405 e. The molecular formula is C15H18F3N7O2. The highest BCUT2D eigenvalue weighted by Crippen LogP contribution is 2.18. The zero-order chi connectivity index (χ0) is 20.2. The molecule has 27 heavy (non-hydrogen) atoms. The van der Waals surface area contributed by atoms with Crippen molar-refractivity contribution in [2.45, 2.75) is 26.1 Å². The van der Waals surface area contributed by atoms with E-state index in [1.54, 1.807) is 26.2 Å². The summed E-state index contributed by atoms with van der Waals surface area (Å²) in [5, 5.41) is 17.9. The molecule has 1 unspecified atom stereocenters. The monoisotopic (exact) mass is 385 g/mol. The summed E-state index contributed by atoms with van der Waals surface area (Å²) < 4.78 is 38.1. The predicted molar refractivity (Wildman–Crippen MR) is 88.9 cm³/mol. The third-order valence-corrected chi connectivity index (χ3v) is 3.59. The number of halogens is 3. The van der Waals surface area contributed by atoms with Crippen LogP contribution < -0.4 is 16.0 Å². The Morgan fingerprint density at radius 3 is 2.59 bits per heavy atom. The molecule has 0 aliphatic heterocycles. The number of alkyl halides is 3. The van der Waals surface area contributed by atoms with E-state index in [4.69, 9.17) is 0 Å². The first-order valence-corrected chi connectivity index (χ1v) is 7.82. The first-order chi connectivity index (χ1) is 12.6. The minimum Gasteiger partial charge on any atom is -0.343 e. The fourth-order valence-corrected chi connectivity index (χ4v) is 2.20. The lowest BCUT2D eigenvalue weighted by atomic mass is 10.1. The second-order valence-electron chi connectivity index (χ2n) is 5.81. The van der Waals surface area contributed by atoms with Crippen molar-refractivity contribution in [3.63, 3.8) is 0 Å². The van der Waals surface area contributed by atoms with Crippen LogP contribution in [0.3, 0.4) is 0 Å². The molecule has 3 amide bonds. The Morgan fingerprint density at radius 2 is 2.00 bits per heavy atom. The molecule has 2 rings (SSSR count). The van der Waals surface area contributed by atoms with E-state index in [2.05, 4.69) is 26.2 Å². The van der Waals surface area contributed by atoms with E-state index >= 15 is 0 Å². The van der Waals surface area contributed by atoms with E-state index < -0.39 is 30.7 Å². The van der Waals surface area contributed by atoms with Gasteiger partial charge in [-0.3, -0.25) is 4.79 Å². The fraction of sp³-hybridized carbons (Fsp3) is 0.400. The molecule has 1 aromatic heterocycles. The number of aromatic nitrogens is 4. The standard InChI is InChI=1S/C15H18F3N7O2/c1-8-4-5-10(13(26)19-7-15(16,17)18)6-11(8)21-14(27)20-9(2)12-22-23-24-25(12)3/h4-6,9H,7H2,1-3H3,(H,19,26)(H2,20,21,27). The number of aryl methyl sites for hydroxylation is 2. The van der Waals surface area contributed by atoms with Gasteiger partial charge < -0.3 is 16.0 Å². The van der Waals surface area contributed by atoms with E-state index in [0.29, 0.717) is 11.4 Å². The van der Waals surface area contributed by atoms with Crippen molar-refractivity contribution in [2.24, 2.45) is 7.05 Å². The van der Waals surface area contributed by atoms with Crippen molar-refractivity contribution in [1.82, 2.24) is 30.8 Å². The van der Waals surface area contributed by atoms with E-state index in [-0.39, 0.29) is 11.3 Å². The van der Waals surface area contributed by atoms with Gasteiger partial charge in [0.2, 0.25) is 0 Å². The summed E-state index contributed by atoms with van der Waals surface area (Å²) in [6.45, 7) is 1.92. The molecule has 1 atom stereocenters. The quantitative estimate of drug-likeness (QED) is 0.725. The number of hydrogen-bond acceptors (Lipinski definition) is 5. The van der Waals surface area contributed by atoms with E-state index in [9.17, 15) is 22.8 Å².